The quantitative estimate of drug-likeness (QED) is 0.611. The fraction of sp³-hybridized carbons (Fsp3) is 0.625. The molecule has 24 heavy (non-hydrogen) atoms. The number of benzene rings is 1. The van der Waals surface area contributed by atoms with E-state index in [1.165, 1.54) is 0 Å². The van der Waals surface area contributed by atoms with Gasteiger partial charge >= 0.3 is 0 Å². The third kappa shape index (κ3) is 3.51. The molecule has 0 spiro atoms. The highest BCUT2D eigenvalue weighted by Gasteiger charge is 2.67. The van der Waals surface area contributed by atoms with E-state index in [-0.39, 0.29) is 13.2 Å². The predicted octanol–water partition coefficient (Wildman–Crippen LogP) is 1.66. The average molecular weight is 374 g/mol. The summed E-state index contributed by atoms with van der Waals surface area (Å²) < 4.78 is 56.9. The molecular weight excluding hydrogens is 352 g/mol. The molecule has 2 aliphatic carbocycles. The van der Waals surface area contributed by atoms with E-state index in [1.807, 2.05) is 30.3 Å². The SMILES string of the molecule is CS(=O)(=O)OCC1(S(=O)(=O)C2(COCc3ccccc3)CC2)CC1. The van der Waals surface area contributed by atoms with Gasteiger partial charge in [-0.15, -0.1) is 0 Å². The van der Waals surface area contributed by atoms with Gasteiger partial charge in [-0.05, 0) is 31.2 Å². The first-order valence-corrected chi connectivity index (χ1v) is 11.2. The van der Waals surface area contributed by atoms with Gasteiger partial charge < -0.3 is 4.74 Å². The fourth-order valence-corrected chi connectivity index (χ4v) is 6.03. The molecule has 0 aromatic heterocycles. The molecule has 134 valence electrons. The van der Waals surface area contributed by atoms with Gasteiger partial charge in [0.05, 0.1) is 35.6 Å². The number of hydrogen-bond acceptors (Lipinski definition) is 6. The molecule has 6 nitrogen and oxygen atoms in total. The number of hydrogen-bond donors (Lipinski definition) is 0. The average Bonchev–Trinajstić information content (AvgIpc) is 3.41. The molecule has 0 amide bonds. The minimum Gasteiger partial charge on any atom is -0.375 e. The second-order valence-electron chi connectivity index (χ2n) is 6.81. The summed E-state index contributed by atoms with van der Waals surface area (Å²) >= 11 is 0. The monoisotopic (exact) mass is 374 g/mol. The van der Waals surface area contributed by atoms with E-state index in [0.29, 0.717) is 32.3 Å². The van der Waals surface area contributed by atoms with Crippen molar-refractivity contribution in [2.24, 2.45) is 0 Å². The van der Waals surface area contributed by atoms with E-state index < -0.39 is 29.4 Å². The highest BCUT2D eigenvalue weighted by Crippen LogP contribution is 2.56. The van der Waals surface area contributed by atoms with Crippen molar-refractivity contribution in [2.75, 3.05) is 19.5 Å². The first kappa shape index (κ1) is 17.8. The second-order valence-corrected chi connectivity index (χ2v) is 11.2. The predicted molar refractivity (Wildman–Crippen MR) is 89.7 cm³/mol. The van der Waals surface area contributed by atoms with Crippen molar-refractivity contribution in [1.82, 2.24) is 0 Å². The summed E-state index contributed by atoms with van der Waals surface area (Å²) in [6, 6.07) is 9.58. The van der Waals surface area contributed by atoms with Gasteiger partial charge in [-0.25, -0.2) is 8.42 Å². The van der Waals surface area contributed by atoms with Crippen molar-refractivity contribution >= 4 is 20.0 Å². The Morgan fingerprint density at radius 1 is 0.917 bits per heavy atom. The van der Waals surface area contributed by atoms with Crippen LogP contribution in [0.1, 0.15) is 31.2 Å². The van der Waals surface area contributed by atoms with E-state index in [1.54, 1.807) is 0 Å². The van der Waals surface area contributed by atoms with Crippen LogP contribution >= 0.6 is 0 Å². The van der Waals surface area contributed by atoms with Crippen molar-refractivity contribution in [3.63, 3.8) is 0 Å². The largest absolute Gasteiger partial charge is 0.375 e. The van der Waals surface area contributed by atoms with Crippen LogP contribution in [0.5, 0.6) is 0 Å². The highest BCUT2D eigenvalue weighted by atomic mass is 32.2. The van der Waals surface area contributed by atoms with E-state index in [2.05, 4.69) is 0 Å². The van der Waals surface area contributed by atoms with Gasteiger partial charge in [-0.1, -0.05) is 30.3 Å². The Kier molecular flexibility index (Phi) is 4.53. The van der Waals surface area contributed by atoms with Gasteiger partial charge in [0.1, 0.15) is 0 Å². The zero-order valence-corrected chi connectivity index (χ0v) is 15.2. The molecule has 2 aliphatic rings. The van der Waals surface area contributed by atoms with Crippen LogP contribution in [0.3, 0.4) is 0 Å². The molecule has 8 heteroatoms. The maximum Gasteiger partial charge on any atom is 0.264 e. The molecule has 1 aromatic carbocycles. The van der Waals surface area contributed by atoms with Crippen molar-refractivity contribution in [1.29, 1.82) is 0 Å². The molecule has 3 rings (SSSR count). The lowest BCUT2D eigenvalue weighted by molar-refractivity contribution is 0.116. The van der Waals surface area contributed by atoms with Crippen LogP contribution in [-0.2, 0) is 35.5 Å². The van der Waals surface area contributed by atoms with Crippen molar-refractivity contribution in [3.05, 3.63) is 35.9 Å². The first-order valence-electron chi connectivity index (χ1n) is 7.90. The van der Waals surface area contributed by atoms with Crippen molar-refractivity contribution < 1.29 is 25.8 Å². The molecule has 0 aliphatic heterocycles. The molecule has 0 unspecified atom stereocenters. The Bertz CT molecular complexity index is 790. The van der Waals surface area contributed by atoms with E-state index >= 15 is 0 Å². The standard InChI is InChI=1S/C16H22O6S2/c1-23(17,18)22-13-16(9-10-16)24(19,20)15(7-8-15)12-21-11-14-5-3-2-4-6-14/h2-6H,7-13H2,1H3. The van der Waals surface area contributed by atoms with Crippen LogP contribution < -0.4 is 0 Å². The second kappa shape index (κ2) is 6.09. The third-order valence-electron chi connectivity index (χ3n) is 4.77. The zero-order chi connectivity index (χ0) is 17.5. The molecular formula is C16H22O6S2. The van der Waals surface area contributed by atoms with Gasteiger partial charge in [0.25, 0.3) is 10.1 Å². The summed E-state index contributed by atoms with van der Waals surface area (Å²) in [6.07, 6.45) is 2.96. The number of sulfone groups is 1. The van der Waals surface area contributed by atoms with Gasteiger partial charge in [0.2, 0.25) is 0 Å². The van der Waals surface area contributed by atoms with Crippen LogP contribution in [-0.4, -0.2) is 45.8 Å². The van der Waals surface area contributed by atoms with Crippen LogP contribution in [0.15, 0.2) is 30.3 Å². The van der Waals surface area contributed by atoms with Gasteiger partial charge in [-0.3, -0.25) is 4.18 Å². The molecule has 2 saturated carbocycles. The van der Waals surface area contributed by atoms with Crippen LogP contribution in [0.25, 0.3) is 0 Å². The Morgan fingerprint density at radius 2 is 1.46 bits per heavy atom. The van der Waals surface area contributed by atoms with Gasteiger partial charge in [-0.2, -0.15) is 8.42 Å². The van der Waals surface area contributed by atoms with Crippen LogP contribution in [0.4, 0.5) is 0 Å². The lowest BCUT2D eigenvalue weighted by Gasteiger charge is -2.23. The summed E-state index contributed by atoms with van der Waals surface area (Å²) in [6.45, 7) is 0.227. The van der Waals surface area contributed by atoms with Crippen LogP contribution in [0.2, 0.25) is 0 Å². The zero-order valence-electron chi connectivity index (χ0n) is 13.6. The molecule has 0 heterocycles. The van der Waals surface area contributed by atoms with E-state index in [0.717, 1.165) is 11.8 Å². The Morgan fingerprint density at radius 3 is 1.96 bits per heavy atom. The minimum absolute atomic E-state index is 0.144. The molecule has 2 fully saturated rings. The molecule has 0 bridgehead atoms. The van der Waals surface area contributed by atoms with E-state index in [9.17, 15) is 16.8 Å². The lowest BCUT2D eigenvalue weighted by Crippen LogP contribution is -2.41. The third-order valence-corrected chi connectivity index (χ3v) is 8.65. The smallest absolute Gasteiger partial charge is 0.264 e. The molecule has 0 atom stereocenters. The van der Waals surface area contributed by atoms with Crippen molar-refractivity contribution in [2.45, 2.75) is 41.8 Å². The lowest BCUT2D eigenvalue weighted by atomic mass is 10.2. The minimum atomic E-state index is -3.65. The van der Waals surface area contributed by atoms with Gasteiger partial charge in [0.15, 0.2) is 9.84 Å². The summed E-state index contributed by atoms with van der Waals surface area (Å²) in [5, 5.41) is 0. The highest BCUT2D eigenvalue weighted by molar-refractivity contribution is 7.94. The Labute approximate surface area is 143 Å². The summed E-state index contributed by atoms with van der Waals surface area (Å²) in [4.78, 5) is 0. The maximum atomic E-state index is 13.0. The maximum absolute atomic E-state index is 13.0. The van der Waals surface area contributed by atoms with E-state index in [4.69, 9.17) is 8.92 Å². The van der Waals surface area contributed by atoms with Gasteiger partial charge in [0, 0.05) is 0 Å². The topological polar surface area (TPSA) is 86.7 Å². The molecule has 0 saturated heterocycles. The Hall–Kier alpha value is -0.960. The number of rotatable bonds is 9. The molecule has 1 aromatic rings. The fourth-order valence-electron chi connectivity index (χ4n) is 2.86. The molecule has 0 radical (unpaired) electrons. The Balaban J connectivity index is 1.63. The summed E-state index contributed by atoms with van der Waals surface area (Å²) in [5.74, 6) is 0. The summed E-state index contributed by atoms with van der Waals surface area (Å²) in [5.41, 5.74) is 0.993. The summed E-state index contributed by atoms with van der Waals surface area (Å²) in [7, 11) is -7.16. The van der Waals surface area contributed by atoms with Crippen LogP contribution in [0, 0.1) is 0 Å². The normalized spacial score (nSPS) is 21.4. The number of ether oxygens (including phenoxy) is 1. The first-order chi connectivity index (χ1) is 11.2. The molecule has 0 N–H and O–H groups in total. The van der Waals surface area contributed by atoms with Crippen molar-refractivity contribution in [3.8, 4) is 0 Å².